The fraction of sp³-hybridized carbons (Fsp3) is 0.463. The molecule has 9 aliphatic rings. The molecule has 12 atom stereocenters. The molecule has 2 aromatic carbocycles. The highest BCUT2D eigenvalue weighted by Gasteiger charge is 2.62. The Morgan fingerprint density at radius 1 is 0.592 bits per heavy atom. The molecule has 6 saturated heterocycles. The third-order valence-electron chi connectivity index (χ3n) is 18.8. The molecule has 3 aromatic heterocycles. The highest BCUT2D eigenvalue weighted by atomic mass is 35.5. The Hall–Kier alpha value is -7.80. The minimum absolute atomic E-state index is 0.0498. The van der Waals surface area contributed by atoms with Gasteiger partial charge in [0, 0.05) is 80.6 Å². The predicted octanol–water partition coefficient (Wildman–Crippen LogP) is 5.38. The van der Waals surface area contributed by atoms with E-state index < -0.39 is 92.7 Å². The van der Waals surface area contributed by atoms with Crippen molar-refractivity contribution in [3.63, 3.8) is 0 Å². The van der Waals surface area contributed by atoms with Gasteiger partial charge in [0.15, 0.2) is 16.1 Å². The minimum atomic E-state index is -1.23. The Balaban J connectivity index is 0.000000138. The van der Waals surface area contributed by atoms with Gasteiger partial charge in [-0.15, -0.1) is 45.1 Å². The first-order valence-electron chi connectivity index (χ1n) is 33.1. The van der Waals surface area contributed by atoms with Crippen molar-refractivity contribution in [2.24, 2.45) is 23.7 Å². The van der Waals surface area contributed by atoms with E-state index in [1.165, 1.54) is 52.0 Å². The molecule has 103 heavy (non-hydrogen) atoms. The van der Waals surface area contributed by atoms with Gasteiger partial charge >= 0.3 is 11.9 Å². The summed E-state index contributed by atoms with van der Waals surface area (Å²) < 4.78 is 8.66. The number of fused-ring (bicyclic) bond motifs is 5. The number of halogens is 2. The number of carbonyl (C=O) groups is 12. The Morgan fingerprint density at radius 3 is 1.43 bits per heavy atom. The molecule has 11 heterocycles. The predicted molar refractivity (Wildman–Crippen MR) is 380 cm³/mol. The molecule has 6 fully saturated rings. The lowest BCUT2D eigenvalue weighted by atomic mass is 9.79. The summed E-state index contributed by atoms with van der Waals surface area (Å²) in [5.41, 5.74) is 2.54. The Kier molecular flexibility index (Phi) is 23.9. The van der Waals surface area contributed by atoms with Crippen molar-refractivity contribution in [2.75, 3.05) is 13.7 Å². The third kappa shape index (κ3) is 15.9. The largest absolute Gasteiger partial charge is 0.477 e. The van der Waals surface area contributed by atoms with Crippen molar-refractivity contribution in [1.29, 1.82) is 0 Å². The van der Waals surface area contributed by atoms with Crippen LogP contribution in [-0.4, -0.2) is 185 Å². The van der Waals surface area contributed by atoms with Gasteiger partial charge in [0.05, 0.1) is 75.7 Å². The summed E-state index contributed by atoms with van der Waals surface area (Å²) >= 11 is 18.4. The van der Waals surface area contributed by atoms with Crippen LogP contribution in [0, 0.1) is 23.7 Å². The fourth-order valence-electron chi connectivity index (χ4n) is 13.7. The second kappa shape index (κ2) is 32.3. The van der Waals surface area contributed by atoms with Gasteiger partial charge in [0.1, 0.15) is 16.2 Å². The molecule has 0 spiro atoms. The van der Waals surface area contributed by atoms with Crippen molar-refractivity contribution < 1.29 is 82.7 Å². The number of piperidine rings is 4. The lowest BCUT2D eigenvalue weighted by Gasteiger charge is -2.46. The smallest absolute Gasteiger partial charge is 0.353 e. The summed E-state index contributed by atoms with van der Waals surface area (Å²) in [6.45, 7) is 7.39. The number of imide groups is 4. The second-order valence-electron chi connectivity index (χ2n) is 25.6. The molecule has 36 heteroatoms. The number of aryl methyl sites for hydroxylation is 2. The number of nitrogens with one attached hydrogen (secondary N) is 4. The lowest BCUT2D eigenvalue weighted by Crippen LogP contribution is -2.63. The highest BCUT2D eigenvalue weighted by Crippen LogP contribution is 2.54. The number of hydrogen-bond donors (Lipinski definition) is 8. The molecule has 8 aliphatic heterocycles. The topological polar surface area (TPSA) is 415 Å². The number of thioether (sulfide) groups is 4. The summed E-state index contributed by atoms with van der Waals surface area (Å²) in [5.74, 6) is -7.13. The number of hydrogen-bond acceptors (Lipinski definition) is 24. The minimum Gasteiger partial charge on any atom is -0.477 e. The van der Waals surface area contributed by atoms with Crippen LogP contribution in [0.4, 0.5) is 0 Å². The molecule has 5 aromatic rings. The average molecular weight is 1550 g/mol. The van der Waals surface area contributed by atoms with E-state index in [1.807, 2.05) is 28.8 Å². The van der Waals surface area contributed by atoms with E-state index in [-0.39, 0.29) is 77.1 Å². The van der Waals surface area contributed by atoms with E-state index >= 15 is 0 Å². The molecule has 8 N–H and O–H groups in total. The number of aliphatic hydroxyl groups is 2. The number of methoxy groups -OCH3 is 1. The SMILES string of the molecule is COCCn1c(SC2CCC(=O)NC2=O)nc2sc3c(c2c1=O)CCCC3.C[C@@H](O)[C@H]1C(=O)N2C(C(=O)O)=C(S[C@@H]3CCC(=O)NC3=O)[C@H](C)[C@H]12.C[C@@H](O)[C@H]1C(=O)N2C(C(=O)O)=C(S[C@H]3CCC(=O)NC3=O)[C@H](C)[C@H]12.O=C1CCC(Sc2nnc(-c3ccc(Cl)cc3)n2-c2ccc(Cl)cc2)C(=O)N1. The standard InChI is InChI=1S/C19H14Cl2N4O2S.C18H21N3O4S2.2C15H18N2O6S/c20-12-3-1-11(2-4-12)17-23-24-19(25(17)14-7-5-13(21)6-8-14)28-15-9-10-16(26)22-18(15)27;1-25-9-8-21-17(24)14-10-4-2-3-5-11(10)26-16(14)20-18(21)27-12-6-7-13(22)19-15(12)23;2*1-5-10-9(6(2)18)14(21)17(10)11(15(22)23)12(5)24-7-3-4-8(19)16-13(7)20/h1-8,15H,9-10H2,(H,22,26,27);12H,2-9H2,1H3,(H,19,22,23);2*5-7,9-10,18H,3-4H2,1-2H3,(H,22,23)(H,16,19,20)/t;;5-,6-,7+,9-,10-;5-,6-,7-,9-,10-/m..11/s1. The van der Waals surface area contributed by atoms with E-state index in [0.29, 0.717) is 87.7 Å². The average Bonchev–Trinajstić information content (AvgIpc) is 1.57. The van der Waals surface area contributed by atoms with Crippen LogP contribution in [0.3, 0.4) is 0 Å². The van der Waals surface area contributed by atoms with E-state index in [4.69, 9.17) is 32.9 Å². The van der Waals surface area contributed by atoms with E-state index in [0.717, 1.165) is 76.2 Å². The quantitative estimate of drug-likeness (QED) is 0.0329. The molecule has 1 aliphatic carbocycles. The molecule has 14 rings (SSSR count). The Bertz CT molecular complexity index is 4330. The van der Waals surface area contributed by atoms with Gasteiger partial charge in [-0.2, -0.15) is 0 Å². The van der Waals surface area contributed by atoms with Crippen LogP contribution in [-0.2, 0) is 81.7 Å². The van der Waals surface area contributed by atoms with Crippen LogP contribution in [0.15, 0.2) is 84.8 Å². The molecule has 29 nitrogen and oxygen atoms in total. The number of β-lactam (4-membered cyclic amide) rings is 2. The zero-order valence-electron chi connectivity index (χ0n) is 55.9. The third-order valence-corrected chi connectivity index (χ3v) is 26.1. The monoisotopic (exact) mass is 1550 g/mol. The lowest BCUT2D eigenvalue weighted by molar-refractivity contribution is -0.163. The van der Waals surface area contributed by atoms with E-state index in [9.17, 15) is 82.8 Å². The van der Waals surface area contributed by atoms with Gasteiger partial charge in [-0.1, -0.05) is 60.6 Å². The van der Waals surface area contributed by atoms with Crippen molar-refractivity contribution in [1.82, 2.24) is 55.4 Å². The molecular weight excluding hydrogens is 1480 g/mol. The zero-order chi connectivity index (χ0) is 74.2. The number of carboxylic acid groups (broad SMARTS) is 2. The first kappa shape index (κ1) is 76.3. The maximum atomic E-state index is 13.3. The van der Waals surface area contributed by atoms with E-state index in [1.54, 1.807) is 61.1 Å². The van der Waals surface area contributed by atoms with Gasteiger partial charge in [-0.25, -0.2) is 14.6 Å². The number of ether oxygens (including phenoxy) is 1. The van der Waals surface area contributed by atoms with Gasteiger partial charge in [0.2, 0.25) is 59.1 Å². The van der Waals surface area contributed by atoms with Crippen LogP contribution >= 0.6 is 81.6 Å². The fourth-order valence-corrected chi connectivity index (χ4v) is 20.1. The summed E-state index contributed by atoms with van der Waals surface area (Å²) in [6, 6.07) is 13.8. The number of aromatic nitrogens is 5. The van der Waals surface area contributed by atoms with Crippen LogP contribution in [0.1, 0.15) is 102 Å². The van der Waals surface area contributed by atoms with Gasteiger partial charge in [-0.3, -0.25) is 83.1 Å². The van der Waals surface area contributed by atoms with Crippen molar-refractivity contribution in [3.05, 3.63) is 101 Å². The summed E-state index contributed by atoms with van der Waals surface area (Å²) in [6.07, 6.45) is 5.04. The normalized spacial score (nSPS) is 25.6. The molecular formula is C67H71Cl2N11O18S5. The van der Waals surface area contributed by atoms with Crippen LogP contribution in [0.25, 0.3) is 27.3 Å². The molecule has 0 bridgehead atoms. The number of carbonyl (C=O) groups excluding carboxylic acids is 10. The zero-order valence-corrected chi connectivity index (χ0v) is 61.5. The van der Waals surface area contributed by atoms with Gasteiger partial charge in [-0.05, 0) is 119 Å². The first-order valence-corrected chi connectivity index (χ1v) is 38.2. The Labute approximate surface area is 618 Å². The Morgan fingerprint density at radius 2 is 1.01 bits per heavy atom. The number of aliphatic carboxylic acids is 2. The summed E-state index contributed by atoms with van der Waals surface area (Å²) in [4.78, 5) is 165. The van der Waals surface area contributed by atoms with Gasteiger partial charge in [0.25, 0.3) is 5.56 Å². The number of rotatable bonds is 17. The summed E-state index contributed by atoms with van der Waals surface area (Å²) in [7, 11) is 1.59. The maximum Gasteiger partial charge on any atom is 0.353 e. The van der Waals surface area contributed by atoms with Crippen LogP contribution < -0.4 is 26.8 Å². The number of carboxylic acids is 2. The maximum absolute atomic E-state index is 13.3. The van der Waals surface area contributed by atoms with Crippen molar-refractivity contribution in [3.8, 4) is 17.1 Å². The molecule has 546 valence electrons. The molecule has 0 radical (unpaired) electrons. The number of benzene rings is 2. The number of amides is 10. The second-order valence-corrected chi connectivity index (χ2v) is 32.4. The highest BCUT2D eigenvalue weighted by molar-refractivity contribution is 8.04. The van der Waals surface area contributed by atoms with Gasteiger partial charge < -0.3 is 35.0 Å². The van der Waals surface area contributed by atoms with Crippen LogP contribution in [0.5, 0.6) is 0 Å². The molecule has 10 amide bonds. The van der Waals surface area contributed by atoms with Crippen molar-refractivity contribution in [2.45, 2.75) is 167 Å². The number of nitrogens with zero attached hydrogens (tertiary/aromatic N) is 7. The first-order chi connectivity index (χ1) is 49.1. The van der Waals surface area contributed by atoms with Crippen LogP contribution in [0.2, 0.25) is 10.0 Å². The molecule has 2 unspecified atom stereocenters. The van der Waals surface area contributed by atoms with Crippen molar-refractivity contribution >= 4 is 163 Å². The number of thiophene rings is 1. The van der Waals surface area contributed by atoms with E-state index in [2.05, 4.69) is 31.5 Å². The number of aliphatic hydroxyl groups excluding tert-OH is 2. The summed E-state index contributed by atoms with van der Waals surface area (Å²) in [5, 5.41) is 57.6. The molecule has 0 saturated carbocycles.